The van der Waals surface area contributed by atoms with Gasteiger partial charge in [-0.05, 0) is 66.7 Å². The van der Waals surface area contributed by atoms with Gasteiger partial charge in [0, 0.05) is 43.6 Å². The minimum atomic E-state index is 0.686. The molecule has 170 valence electrons. The highest BCUT2D eigenvalue weighted by molar-refractivity contribution is 6.31. The number of rotatable bonds is 5. The van der Waals surface area contributed by atoms with Crippen LogP contribution >= 0.6 is 23.2 Å². The Morgan fingerprint density at radius 1 is 0.457 bits per heavy atom. The van der Waals surface area contributed by atoms with E-state index >= 15 is 0 Å². The number of anilines is 4. The molecular formula is C30H21Cl2N3. The van der Waals surface area contributed by atoms with Crippen molar-refractivity contribution in [1.82, 2.24) is 4.57 Å². The van der Waals surface area contributed by atoms with Crippen LogP contribution in [0.25, 0.3) is 27.5 Å². The SMILES string of the molecule is Clc1cccc(Nc2cc(Nc3cccc(Cl)c3)cc(-n3c4ccccc4c4ccccc43)c2)c1. The molecule has 6 aromatic rings. The molecule has 1 aromatic heterocycles. The molecule has 35 heavy (non-hydrogen) atoms. The van der Waals surface area contributed by atoms with Gasteiger partial charge in [-0.1, -0.05) is 71.7 Å². The lowest BCUT2D eigenvalue weighted by molar-refractivity contribution is 1.18. The fourth-order valence-electron chi connectivity index (χ4n) is 4.55. The van der Waals surface area contributed by atoms with Crippen molar-refractivity contribution in [2.45, 2.75) is 0 Å². The van der Waals surface area contributed by atoms with Gasteiger partial charge in [0.1, 0.15) is 0 Å². The van der Waals surface area contributed by atoms with Crippen LogP contribution < -0.4 is 10.6 Å². The molecule has 2 N–H and O–H groups in total. The van der Waals surface area contributed by atoms with E-state index in [1.165, 1.54) is 10.8 Å². The van der Waals surface area contributed by atoms with Gasteiger partial charge in [-0.3, -0.25) is 0 Å². The van der Waals surface area contributed by atoms with Gasteiger partial charge < -0.3 is 15.2 Å². The first-order valence-corrected chi connectivity index (χ1v) is 12.1. The van der Waals surface area contributed by atoms with Crippen LogP contribution in [0, 0.1) is 0 Å². The highest BCUT2D eigenvalue weighted by atomic mass is 35.5. The number of nitrogens with zero attached hydrogens (tertiary/aromatic N) is 1. The predicted octanol–water partition coefficient (Wildman–Crippen LogP) is 9.58. The molecule has 0 radical (unpaired) electrons. The fraction of sp³-hybridized carbons (Fsp3) is 0. The van der Waals surface area contributed by atoms with Crippen LogP contribution in [0.1, 0.15) is 0 Å². The lowest BCUT2D eigenvalue weighted by atomic mass is 10.2. The van der Waals surface area contributed by atoms with Crippen LogP contribution in [-0.4, -0.2) is 4.57 Å². The summed E-state index contributed by atoms with van der Waals surface area (Å²) < 4.78 is 2.30. The summed E-state index contributed by atoms with van der Waals surface area (Å²) in [5.74, 6) is 0. The molecule has 0 unspecified atom stereocenters. The first-order valence-electron chi connectivity index (χ1n) is 11.3. The van der Waals surface area contributed by atoms with Crippen LogP contribution in [0.2, 0.25) is 10.0 Å². The van der Waals surface area contributed by atoms with Crippen molar-refractivity contribution in [1.29, 1.82) is 0 Å². The number of halogens is 2. The first-order chi connectivity index (χ1) is 17.1. The summed E-state index contributed by atoms with van der Waals surface area (Å²) in [7, 11) is 0. The Morgan fingerprint density at radius 3 is 1.43 bits per heavy atom. The van der Waals surface area contributed by atoms with Crippen molar-refractivity contribution in [2.75, 3.05) is 10.6 Å². The summed E-state index contributed by atoms with van der Waals surface area (Å²) in [6.07, 6.45) is 0. The normalized spacial score (nSPS) is 11.1. The van der Waals surface area contributed by atoms with Crippen molar-refractivity contribution in [3.05, 3.63) is 125 Å². The molecule has 0 spiro atoms. The molecule has 0 saturated heterocycles. The number of hydrogen-bond donors (Lipinski definition) is 2. The molecule has 0 fully saturated rings. The predicted molar refractivity (Wildman–Crippen MR) is 150 cm³/mol. The van der Waals surface area contributed by atoms with Crippen LogP contribution in [0.5, 0.6) is 0 Å². The van der Waals surface area contributed by atoms with E-state index in [0.717, 1.165) is 39.5 Å². The number of aromatic nitrogens is 1. The second-order valence-electron chi connectivity index (χ2n) is 8.41. The third-order valence-corrected chi connectivity index (χ3v) is 6.45. The van der Waals surface area contributed by atoms with E-state index in [4.69, 9.17) is 23.2 Å². The van der Waals surface area contributed by atoms with E-state index in [2.05, 4.69) is 81.9 Å². The highest BCUT2D eigenvalue weighted by Gasteiger charge is 2.13. The molecule has 0 bridgehead atoms. The van der Waals surface area contributed by atoms with Crippen molar-refractivity contribution < 1.29 is 0 Å². The van der Waals surface area contributed by atoms with Crippen molar-refractivity contribution in [3.63, 3.8) is 0 Å². The Bertz CT molecular complexity index is 1570. The number of benzene rings is 5. The lowest BCUT2D eigenvalue weighted by Crippen LogP contribution is -1.99. The molecule has 6 rings (SSSR count). The fourth-order valence-corrected chi connectivity index (χ4v) is 4.93. The van der Waals surface area contributed by atoms with Crippen LogP contribution in [0.15, 0.2) is 115 Å². The minimum absolute atomic E-state index is 0.686. The summed E-state index contributed by atoms with van der Waals surface area (Å²) in [4.78, 5) is 0. The molecule has 3 nitrogen and oxygen atoms in total. The second kappa shape index (κ2) is 9.03. The largest absolute Gasteiger partial charge is 0.355 e. The van der Waals surface area contributed by atoms with Crippen molar-refractivity contribution in [3.8, 4) is 5.69 Å². The van der Waals surface area contributed by atoms with Gasteiger partial charge >= 0.3 is 0 Å². The molecular weight excluding hydrogens is 473 g/mol. The summed E-state index contributed by atoms with van der Waals surface area (Å²) >= 11 is 12.5. The Labute approximate surface area is 213 Å². The number of para-hydroxylation sites is 2. The van der Waals surface area contributed by atoms with Crippen LogP contribution in [-0.2, 0) is 0 Å². The molecule has 0 aliphatic carbocycles. The van der Waals surface area contributed by atoms with E-state index < -0.39 is 0 Å². The van der Waals surface area contributed by atoms with E-state index in [-0.39, 0.29) is 0 Å². The number of hydrogen-bond acceptors (Lipinski definition) is 2. The quantitative estimate of drug-likeness (QED) is 0.250. The van der Waals surface area contributed by atoms with Crippen LogP contribution in [0.3, 0.4) is 0 Å². The summed E-state index contributed by atoms with van der Waals surface area (Å²) in [5.41, 5.74) is 7.08. The lowest BCUT2D eigenvalue weighted by Gasteiger charge is -2.16. The van der Waals surface area contributed by atoms with Crippen LogP contribution in [0.4, 0.5) is 22.7 Å². The Kier molecular flexibility index (Phi) is 5.57. The molecule has 0 amide bonds. The molecule has 1 heterocycles. The minimum Gasteiger partial charge on any atom is -0.355 e. The van der Waals surface area contributed by atoms with Gasteiger partial charge in [0.2, 0.25) is 0 Å². The zero-order valence-electron chi connectivity index (χ0n) is 18.7. The zero-order valence-corrected chi connectivity index (χ0v) is 20.2. The van der Waals surface area contributed by atoms with E-state index in [0.29, 0.717) is 10.0 Å². The average molecular weight is 494 g/mol. The molecule has 0 saturated carbocycles. The highest BCUT2D eigenvalue weighted by Crippen LogP contribution is 2.35. The smallest absolute Gasteiger partial charge is 0.0541 e. The second-order valence-corrected chi connectivity index (χ2v) is 9.28. The standard InChI is InChI=1S/C30H21Cl2N3/c31-20-7-5-9-22(15-20)33-24-17-25(34-23-10-6-8-21(32)16-23)19-26(18-24)35-29-13-3-1-11-27(29)28-12-2-4-14-30(28)35/h1-19,33-34H. The number of nitrogens with one attached hydrogen (secondary N) is 2. The third-order valence-electron chi connectivity index (χ3n) is 5.98. The van der Waals surface area contributed by atoms with Gasteiger partial charge in [-0.25, -0.2) is 0 Å². The van der Waals surface area contributed by atoms with Gasteiger partial charge in [-0.2, -0.15) is 0 Å². The van der Waals surface area contributed by atoms with Gasteiger partial charge in [0.05, 0.1) is 16.7 Å². The summed E-state index contributed by atoms with van der Waals surface area (Å²) in [6.45, 7) is 0. The molecule has 5 heteroatoms. The molecule has 0 atom stereocenters. The van der Waals surface area contributed by atoms with Gasteiger partial charge in [-0.15, -0.1) is 0 Å². The average Bonchev–Trinajstić information content (AvgIpc) is 3.18. The molecule has 0 aliphatic heterocycles. The topological polar surface area (TPSA) is 29.0 Å². The molecule has 5 aromatic carbocycles. The maximum absolute atomic E-state index is 6.24. The third kappa shape index (κ3) is 4.32. The Balaban J connectivity index is 1.54. The molecule has 0 aliphatic rings. The van der Waals surface area contributed by atoms with Gasteiger partial charge in [0.25, 0.3) is 0 Å². The maximum Gasteiger partial charge on any atom is 0.0541 e. The maximum atomic E-state index is 6.24. The van der Waals surface area contributed by atoms with Crippen molar-refractivity contribution in [2.24, 2.45) is 0 Å². The number of fused-ring (bicyclic) bond motifs is 3. The van der Waals surface area contributed by atoms with Gasteiger partial charge in [0.15, 0.2) is 0 Å². The van der Waals surface area contributed by atoms with Crippen molar-refractivity contribution >= 4 is 67.8 Å². The van der Waals surface area contributed by atoms with E-state index in [1.54, 1.807) is 0 Å². The monoisotopic (exact) mass is 493 g/mol. The van der Waals surface area contributed by atoms with E-state index in [1.807, 2.05) is 48.5 Å². The Morgan fingerprint density at radius 2 is 0.943 bits per heavy atom. The summed E-state index contributed by atoms with van der Waals surface area (Å²) in [6, 6.07) is 38.8. The van der Waals surface area contributed by atoms with E-state index in [9.17, 15) is 0 Å². The zero-order chi connectivity index (χ0) is 23.8. The summed E-state index contributed by atoms with van der Waals surface area (Å²) in [5, 5.41) is 10.9. The first kappa shape index (κ1) is 21.6. The Hall–Kier alpha value is -3.92.